The summed E-state index contributed by atoms with van der Waals surface area (Å²) >= 11 is 0. The Morgan fingerprint density at radius 1 is 0.750 bits per heavy atom. The molecule has 4 aromatic rings. The minimum absolute atomic E-state index is 0.0246. The number of benzene rings is 3. The van der Waals surface area contributed by atoms with Crippen LogP contribution in [0.3, 0.4) is 0 Å². The standard InChI is InChI=1S/C19H15N/c1-14-8-7-12-17-16-11-5-6-13-18(16)20(19(14)17)15-9-3-2-4-10-15/h2-13H,1H3/i2D,3D,4D,5D,6D,7D,8D,9D,10D,11D,12D,13D. The van der Waals surface area contributed by atoms with Crippen LogP contribution in [-0.4, -0.2) is 4.57 Å². The Morgan fingerprint density at radius 3 is 2.30 bits per heavy atom. The molecule has 1 heteroatoms. The van der Waals surface area contributed by atoms with Gasteiger partial charge in [-0.25, -0.2) is 0 Å². The van der Waals surface area contributed by atoms with E-state index in [1.54, 1.807) is 0 Å². The molecule has 1 nitrogen and oxygen atoms in total. The predicted octanol–water partition coefficient (Wildman–Crippen LogP) is 5.09. The fraction of sp³-hybridized carbons (Fsp3) is 0.0526. The maximum atomic E-state index is 8.47. The number of aryl methyl sites for hydroxylation is 1. The van der Waals surface area contributed by atoms with Crippen molar-refractivity contribution in [2.75, 3.05) is 0 Å². The number of hydrogen-bond acceptors (Lipinski definition) is 0. The smallest absolute Gasteiger partial charge is 0.0645 e. The van der Waals surface area contributed by atoms with Gasteiger partial charge >= 0.3 is 0 Å². The van der Waals surface area contributed by atoms with Gasteiger partial charge in [0.2, 0.25) is 0 Å². The van der Waals surface area contributed by atoms with Gasteiger partial charge in [0.25, 0.3) is 0 Å². The van der Waals surface area contributed by atoms with Gasteiger partial charge in [-0.1, -0.05) is 54.4 Å². The highest BCUT2D eigenvalue weighted by atomic mass is 15.0. The fourth-order valence-electron chi connectivity index (χ4n) is 2.30. The first-order valence-electron chi connectivity index (χ1n) is 11.9. The zero-order valence-corrected chi connectivity index (χ0v) is 10.4. The summed E-state index contributed by atoms with van der Waals surface area (Å²) in [7, 11) is 0. The predicted molar refractivity (Wildman–Crippen MR) is 85.5 cm³/mol. The fourth-order valence-corrected chi connectivity index (χ4v) is 2.30. The second-order valence-corrected chi connectivity index (χ2v) is 4.26. The second-order valence-electron chi connectivity index (χ2n) is 4.26. The minimum atomic E-state index is -0.635. The maximum absolute atomic E-state index is 8.47. The van der Waals surface area contributed by atoms with Crippen molar-refractivity contribution in [2.24, 2.45) is 0 Å². The molecule has 20 heavy (non-hydrogen) atoms. The Bertz CT molecular complexity index is 1400. The lowest BCUT2D eigenvalue weighted by atomic mass is 10.1. The molecule has 0 radical (unpaired) electrons. The van der Waals surface area contributed by atoms with Gasteiger partial charge in [0.15, 0.2) is 0 Å². The van der Waals surface area contributed by atoms with E-state index in [1.807, 2.05) is 0 Å². The summed E-state index contributed by atoms with van der Waals surface area (Å²) in [5, 5.41) is -0.156. The van der Waals surface area contributed by atoms with Gasteiger partial charge in [-0.2, -0.15) is 0 Å². The molecule has 4 rings (SSSR count). The Labute approximate surface area is 134 Å². The van der Waals surface area contributed by atoms with E-state index in [9.17, 15) is 0 Å². The number of aromatic nitrogens is 1. The molecule has 0 aliphatic rings. The van der Waals surface area contributed by atoms with Crippen LogP contribution in [0.1, 0.15) is 22.0 Å². The molecular weight excluding hydrogens is 242 g/mol. The van der Waals surface area contributed by atoms with Crippen molar-refractivity contribution in [3.63, 3.8) is 0 Å². The SMILES string of the molecule is [2H]c1c([2H])c([2H])c(-n2c3c([2H])c([2H])c([2H])c([2H])c3c3c([2H])c([2H])c([2H])c(C)c32)c([2H])c1[2H]. The quantitative estimate of drug-likeness (QED) is 0.453. The Morgan fingerprint density at radius 2 is 1.45 bits per heavy atom. The second kappa shape index (κ2) is 4.24. The average Bonchev–Trinajstić information content (AvgIpc) is 3.12. The topological polar surface area (TPSA) is 4.93 Å². The summed E-state index contributed by atoms with van der Waals surface area (Å²) in [6, 6.07) is -6.49. The van der Waals surface area contributed by atoms with Crippen molar-refractivity contribution in [2.45, 2.75) is 6.92 Å². The molecule has 0 saturated heterocycles. The van der Waals surface area contributed by atoms with Gasteiger partial charge in [-0.05, 0) is 30.6 Å². The minimum Gasteiger partial charge on any atom is -0.309 e. The zero-order chi connectivity index (χ0) is 24.0. The van der Waals surface area contributed by atoms with Gasteiger partial charge in [0, 0.05) is 16.5 Å². The lowest BCUT2D eigenvalue weighted by Gasteiger charge is -2.08. The summed E-state index contributed by atoms with van der Waals surface area (Å²) in [6.45, 7) is 1.46. The zero-order valence-electron chi connectivity index (χ0n) is 22.4. The molecule has 0 spiro atoms. The molecule has 0 N–H and O–H groups in total. The van der Waals surface area contributed by atoms with Crippen molar-refractivity contribution in [3.05, 3.63) is 78.1 Å². The molecule has 1 aromatic heterocycles. The third kappa shape index (κ3) is 1.50. The molecule has 1 heterocycles. The first kappa shape index (κ1) is 4.49. The number of rotatable bonds is 1. The van der Waals surface area contributed by atoms with Crippen molar-refractivity contribution >= 4 is 21.8 Å². The largest absolute Gasteiger partial charge is 0.309 e. The molecule has 0 aliphatic heterocycles. The molecule has 0 fully saturated rings. The van der Waals surface area contributed by atoms with E-state index in [2.05, 4.69) is 0 Å². The van der Waals surface area contributed by atoms with E-state index < -0.39 is 66.5 Å². The van der Waals surface area contributed by atoms with Crippen molar-refractivity contribution in [3.8, 4) is 5.69 Å². The summed E-state index contributed by atoms with van der Waals surface area (Å²) in [6.07, 6.45) is 0. The molecule has 0 atom stereocenters. The normalized spacial score (nSPS) is 19.6. The third-order valence-electron chi connectivity index (χ3n) is 3.10. The van der Waals surface area contributed by atoms with Crippen LogP contribution in [-0.2, 0) is 0 Å². The van der Waals surface area contributed by atoms with Crippen molar-refractivity contribution in [1.82, 2.24) is 4.57 Å². The van der Waals surface area contributed by atoms with Gasteiger partial charge < -0.3 is 4.57 Å². The number of fused-ring (bicyclic) bond motifs is 3. The number of nitrogens with zero attached hydrogens (tertiary/aromatic N) is 1. The summed E-state index contributed by atoms with van der Waals surface area (Å²) in [5.74, 6) is 0. The van der Waals surface area contributed by atoms with E-state index in [0.29, 0.717) is 0 Å². The van der Waals surface area contributed by atoms with Crippen molar-refractivity contribution < 1.29 is 16.4 Å². The van der Waals surface area contributed by atoms with Gasteiger partial charge in [0.1, 0.15) is 0 Å². The number of para-hydroxylation sites is 3. The molecule has 0 amide bonds. The van der Waals surface area contributed by atoms with E-state index in [-0.39, 0.29) is 39.1 Å². The van der Waals surface area contributed by atoms with Gasteiger partial charge in [-0.3, -0.25) is 0 Å². The van der Waals surface area contributed by atoms with Gasteiger partial charge in [-0.15, -0.1) is 0 Å². The molecule has 0 bridgehead atoms. The van der Waals surface area contributed by atoms with E-state index in [4.69, 9.17) is 16.4 Å². The summed E-state index contributed by atoms with van der Waals surface area (Å²) < 4.78 is 99.6. The highest BCUT2D eigenvalue weighted by molar-refractivity contribution is 6.10. The highest BCUT2D eigenvalue weighted by Crippen LogP contribution is 2.33. The van der Waals surface area contributed by atoms with Crippen LogP contribution in [0.5, 0.6) is 0 Å². The number of hydrogen-bond donors (Lipinski definition) is 0. The van der Waals surface area contributed by atoms with E-state index in [0.717, 1.165) is 4.57 Å². The average molecular weight is 269 g/mol. The summed E-state index contributed by atoms with van der Waals surface area (Å²) in [5.41, 5.74) is -0.385. The highest BCUT2D eigenvalue weighted by Gasteiger charge is 2.12. The van der Waals surface area contributed by atoms with Gasteiger partial charge in [0.05, 0.1) is 27.5 Å². The lowest BCUT2D eigenvalue weighted by Crippen LogP contribution is -1.94. The molecule has 96 valence electrons. The molecular formula is C19H15N. The van der Waals surface area contributed by atoms with Crippen LogP contribution in [0.15, 0.2) is 72.5 Å². The monoisotopic (exact) mass is 269 g/mol. The van der Waals surface area contributed by atoms with Crippen LogP contribution >= 0.6 is 0 Å². The van der Waals surface area contributed by atoms with Crippen LogP contribution in [0.25, 0.3) is 27.5 Å². The third-order valence-corrected chi connectivity index (χ3v) is 3.10. The maximum Gasteiger partial charge on any atom is 0.0645 e. The van der Waals surface area contributed by atoms with Crippen LogP contribution < -0.4 is 0 Å². The first-order chi connectivity index (χ1) is 14.8. The Hall–Kier alpha value is -2.54. The van der Waals surface area contributed by atoms with Crippen LogP contribution in [0.2, 0.25) is 0 Å². The Kier molecular flexibility index (Phi) is 0.952. The molecule has 0 unspecified atom stereocenters. The van der Waals surface area contributed by atoms with E-state index >= 15 is 0 Å². The lowest BCUT2D eigenvalue weighted by molar-refractivity contribution is 1.17. The first-order valence-corrected chi connectivity index (χ1v) is 5.92. The van der Waals surface area contributed by atoms with Crippen LogP contribution in [0, 0.1) is 6.92 Å². The van der Waals surface area contributed by atoms with E-state index in [1.165, 1.54) is 6.92 Å². The van der Waals surface area contributed by atoms with Crippen LogP contribution in [0.4, 0.5) is 0 Å². The molecule has 0 aliphatic carbocycles. The Balaban J connectivity index is 2.50. The summed E-state index contributed by atoms with van der Waals surface area (Å²) in [4.78, 5) is 0. The van der Waals surface area contributed by atoms with Crippen molar-refractivity contribution in [1.29, 1.82) is 0 Å². The molecule has 3 aromatic carbocycles. The molecule has 0 saturated carbocycles.